The van der Waals surface area contributed by atoms with Gasteiger partial charge >= 0.3 is 0 Å². The van der Waals surface area contributed by atoms with E-state index in [0.29, 0.717) is 29.8 Å². The highest BCUT2D eigenvalue weighted by molar-refractivity contribution is 7.91. The number of nitrogens with zero attached hydrogens (tertiary/aromatic N) is 4. The summed E-state index contributed by atoms with van der Waals surface area (Å²) in [4.78, 5) is 27.7. The molecule has 13 heteroatoms. The van der Waals surface area contributed by atoms with Gasteiger partial charge in [-0.3, -0.25) is 4.79 Å². The lowest BCUT2D eigenvalue weighted by molar-refractivity contribution is -0.114. The van der Waals surface area contributed by atoms with Crippen LogP contribution in [0.1, 0.15) is 12.7 Å². The molecule has 1 amide bonds. The minimum atomic E-state index is -3.73. The number of sulfonamides is 1. The summed E-state index contributed by atoms with van der Waals surface area (Å²) in [6.45, 7) is 3.51. The van der Waals surface area contributed by atoms with Gasteiger partial charge in [-0.25, -0.2) is 33.1 Å². The Hall–Kier alpha value is -3.16. The minimum Gasteiger partial charge on any atom is -0.369 e. The first-order valence-electron chi connectivity index (χ1n) is 8.82. The highest BCUT2D eigenvalue weighted by atomic mass is 32.2. The molecule has 0 saturated carbocycles. The molecule has 3 aromatic rings. The van der Waals surface area contributed by atoms with Crippen molar-refractivity contribution >= 4 is 49.9 Å². The van der Waals surface area contributed by atoms with Crippen molar-refractivity contribution in [2.75, 3.05) is 29.0 Å². The van der Waals surface area contributed by atoms with Gasteiger partial charge in [0, 0.05) is 32.3 Å². The number of amides is 1. The van der Waals surface area contributed by atoms with Crippen molar-refractivity contribution in [1.29, 1.82) is 0 Å². The maximum Gasteiger partial charge on any atom is 0.251 e. The Labute approximate surface area is 177 Å². The summed E-state index contributed by atoms with van der Waals surface area (Å²) in [5.74, 6) is 2.00. The number of carbonyl (C=O) groups excluding carboxylic acids is 1. The van der Waals surface area contributed by atoms with Crippen LogP contribution >= 0.6 is 11.3 Å². The summed E-state index contributed by atoms with van der Waals surface area (Å²) in [7, 11) is -3.73. The second kappa shape index (κ2) is 9.56. The van der Waals surface area contributed by atoms with E-state index in [9.17, 15) is 13.2 Å². The molecule has 3 rings (SSSR count). The Morgan fingerprint density at radius 2 is 1.90 bits per heavy atom. The largest absolute Gasteiger partial charge is 0.369 e. The molecule has 0 fully saturated rings. The molecule has 3 heterocycles. The first-order valence-corrected chi connectivity index (χ1v) is 11.1. The molecule has 0 bridgehead atoms. The zero-order valence-corrected chi connectivity index (χ0v) is 17.8. The van der Waals surface area contributed by atoms with Gasteiger partial charge in [0.05, 0.1) is 6.20 Å². The second-order valence-electron chi connectivity index (χ2n) is 6.02. The maximum absolute atomic E-state index is 12.3. The van der Waals surface area contributed by atoms with Crippen molar-refractivity contribution in [2.24, 2.45) is 0 Å². The molecule has 11 nitrogen and oxygen atoms in total. The number of hydrogen-bond acceptors (Lipinski definition) is 10. The maximum atomic E-state index is 12.3. The van der Waals surface area contributed by atoms with Crippen LogP contribution in [0.2, 0.25) is 0 Å². The van der Waals surface area contributed by atoms with Crippen molar-refractivity contribution in [3.8, 4) is 0 Å². The lowest BCUT2D eigenvalue weighted by atomic mass is 10.4. The third kappa shape index (κ3) is 6.17. The molecule has 30 heavy (non-hydrogen) atoms. The first kappa shape index (κ1) is 21.5. The molecule has 0 aromatic carbocycles. The van der Waals surface area contributed by atoms with Crippen molar-refractivity contribution in [3.63, 3.8) is 0 Å². The predicted molar refractivity (Wildman–Crippen MR) is 114 cm³/mol. The first-order chi connectivity index (χ1) is 14.3. The smallest absolute Gasteiger partial charge is 0.251 e. The topological polar surface area (TPSA) is 151 Å². The summed E-state index contributed by atoms with van der Waals surface area (Å²) >= 11 is 0.879. The fourth-order valence-corrected chi connectivity index (χ4v) is 4.48. The molecule has 0 aliphatic heterocycles. The molecule has 0 atom stereocenters. The summed E-state index contributed by atoms with van der Waals surface area (Å²) in [6.07, 6.45) is 2.87. The summed E-state index contributed by atoms with van der Waals surface area (Å²) < 4.78 is 27.2. The monoisotopic (exact) mass is 448 g/mol. The summed E-state index contributed by atoms with van der Waals surface area (Å²) in [6, 6.07) is 7.20. The third-order valence-electron chi connectivity index (χ3n) is 3.51. The van der Waals surface area contributed by atoms with Crippen LogP contribution in [0.15, 0.2) is 40.9 Å². The molecule has 0 aliphatic carbocycles. The number of thiazole rings is 1. The Morgan fingerprint density at radius 3 is 2.63 bits per heavy atom. The van der Waals surface area contributed by atoms with Gasteiger partial charge in [0.2, 0.25) is 5.91 Å². The van der Waals surface area contributed by atoms with Crippen LogP contribution in [0.3, 0.4) is 0 Å². The van der Waals surface area contributed by atoms with Crippen molar-refractivity contribution in [1.82, 2.24) is 24.7 Å². The Morgan fingerprint density at radius 1 is 1.10 bits per heavy atom. The lowest BCUT2D eigenvalue weighted by Crippen LogP contribution is -2.28. The fourth-order valence-electron chi connectivity index (χ4n) is 2.33. The van der Waals surface area contributed by atoms with Crippen LogP contribution in [0.4, 0.5) is 22.6 Å². The number of rotatable bonds is 9. The quantitative estimate of drug-likeness (QED) is 0.359. The van der Waals surface area contributed by atoms with Crippen LogP contribution in [-0.4, -0.2) is 47.4 Å². The van der Waals surface area contributed by atoms with Crippen LogP contribution in [0.5, 0.6) is 0 Å². The second-order valence-corrected chi connectivity index (χ2v) is 9.04. The van der Waals surface area contributed by atoms with E-state index in [4.69, 9.17) is 0 Å². The van der Waals surface area contributed by atoms with E-state index < -0.39 is 10.0 Å². The third-order valence-corrected chi connectivity index (χ3v) is 6.35. The van der Waals surface area contributed by atoms with Gasteiger partial charge in [0.25, 0.3) is 10.0 Å². The van der Waals surface area contributed by atoms with Crippen molar-refractivity contribution in [3.05, 3.63) is 42.5 Å². The number of anilines is 4. The average Bonchev–Trinajstić information content (AvgIpc) is 3.14. The van der Waals surface area contributed by atoms with Gasteiger partial charge in [-0.15, -0.1) is 0 Å². The number of hydrogen-bond donors (Lipinski definition) is 4. The fraction of sp³-hybridized carbons (Fsp3) is 0.235. The van der Waals surface area contributed by atoms with Crippen LogP contribution < -0.4 is 20.7 Å². The molecule has 4 N–H and O–H groups in total. The molecular weight excluding hydrogens is 428 g/mol. The zero-order chi connectivity index (χ0) is 21.6. The SMILES string of the molecule is CC(=O)Nc1ncc(S(=O)(=O)NCCNc2cc(Nc3ccccn3)nc(C)n2)s1. The van der Waals surface area contributed by atoms with Gasteiger partial charge in [-0.1, -0.05) is 17.4 Å². The van der Waals surface area contributed by atoms with E-state index in [0.717, 1.165) is 11.3 Å². The highest BCUT2D eigenvalue weighted by Gasteiger charge is 2.17. The molecule has 0 saturated heterocycles. The zero-order valence-electron chi connectivity index (χ0n) is 16.2. The Balaban J connectivity index is 1.54. The van der Waals surface area contributed by atoms with Crippen LogP contribution in [0.25, 0.3) is 0 Å². The summed E-state index contributed by atoms with van der Waals surface area (Å²) in [5, 5.41) is 8.83. The molecule has 0 radical (unpaired) electrons. The van der Waals surface area contributed by atoms with Crippen molar-refractivity contribution in [2.45, 2.75) is 18.1 Å². The predicted octanol–water partition coefficient (Wildman–Crippen LogP) is 1.73. The van der Waals surface area contributed by atoms with E-state index in [1.165, 1.54) is 13.1 Å². The Kier molecular flexibility index (Phi) is 6.87. The van der Waals surface area contributed by atoms with E-state index in [1.807, 2.05) is 18.2 Å². The van der Waals surface area contributed by atoms with Gasteiger partial charge in [-0.05, 0) is 19.1 Å². The van der Waals surface area contributed by atoms with Gasteiger partial charge in [0.15, 0.2) is 9.34 Å². The summed E-state index contributed by atoms with van der Waals surface area (Å²) in [5.41, 5.74) is 0. The minimum absolute atomic E-state index is 0.0194. The van der Waals surface area contributed by atoms with Gasteiger partial charge < -0.3 is 16.0 Å². The molecule has 158 valence electrons. The molecule has 3 aromatic heterocycles. The van der Waals surface area contributed by atoms with Gasteiger partial charge in [-0.2, -0.15) is 0 Å². The van der Waals surface area contributed by atoms with E-state index in [2.05, 4.69) is 40.6 Å². The van der Waals surface area contributed by atoms with Crippen LogP contribution in [0, 0.1) is 6.92 Å². The van der Waals surface area contributed by atoms with E-state index in [1.54, 1.807) is 19.2 Å². The van der Waals surface area contributed by atoms with E-state index in [-0.39, 0.29) is 21.8 Å². The number of aromatic nitrogens is 4. The lowest BCUT2D eigenvalue weighted by Gasteiger charge is -2.10. The molecular formula is C17H20N8O3S2. The molecule has 0 aliphatic rings. The number of carbonyl (C=O) groups is 1. The van der Waals surface area contributed by atoms with Gasteiger partial charge in [0.1, 0.15) is 23.3 Å². The highest BCUT2D eigenvalue weighted by Crippen LogP contribution is 2.22. The normalized spacial score (nSPS) is 11.1. The molecule has 0 spiro atoms. The van der Waals surface area contributed by atoms with Crippen LogP contribution in [-0.2, 0) is 14.8 Å². The number of aryl methyl sites for hydroxylation is 1. The molecule has 0 unspecified atom stereocenters. The number of nitrogens with one attached hydrogen (secondary N) is 4. The average molecular weight is 449 g/mol. The van der Waals surface area contributed by atoms with E-state index >= 15 is 0 Å². The Bertz CT molecular complexity index is 1120. The van der Waals surface area contributed by atoms with Crippen molar-refractivity contribution < 1.29 is 13.2 Å². The number of pyridine rings is 1. The standard InChI is InChI=1S/C17H20N8O3S2/c1-11-22-14(9-15(23-11)25-13-5-3-4-6-18-13)19-7-8-21-30(27,28)16-10-20-17(29-16)24-12(2)26/h3-6,9-10,21H,7-8H2,1-2H3,(H,20,24,26)(H2,18,19,22,23,25).